The summed E-state index contributed by atoms with van der Waals surface area (Å²) in [7, 11) is 0. The molecular weight excluding hydrogens is 300 g/mol. The molecule has 1 amide bonds. The van der Waals surface area contributed by atoms with Crippen molar-refractivity contribution < 1.29 is 18.3 Å². The number of hydrogen-bond donors (Lipinski definition) is 1. The average Bonchev–Trinajstić information content (AvgIpc) is 2.54. The molecule has 2 rings (SSSR count). The maximum Gasteiger partial charge on any atom is 0.387 e. The molecule has 1 aliphatic rings. The van der Waals surface area contributed by atoms with E-state index in [1.165, 1.54) is 31.4 Å². The van der Waals surface area contributed by atoms with E-state index in [1.807, 2.05) is 0 Å². The van der Waals surface area contributed by atoms with E-state index < -0.39 is 6.61 Å². The summed E-state index contributed by atoms with van der Waals surface area (Å²) in [6.45, 7) is -0.630. The van der Waals surface area contributed by atoms with Gasteiger partial charge >= 0.3 is 6.61 Å². The second-order valence-electron chi connectivity index (χ2n) is 6.25. The number of amides is 1. The maximum absolute atomic E-state index is 12.3. The third-order valence-electron chi connectivity index (χ3n) is 4.53. The van der Waals surface area contributed by atoms with Gasteiger partial charge in [0.25, 0.3) is 0 Å². The minimum absolute atomic E-state index is 0.0291. The minimum Gasteiger partial charge on any atom is -0.435 e. The number of nitrogens with one attached hydrogen (secondary N) is 1. The first-order valence-corrected chi connectivity index (χ1v) is 8.44. The normalized spacial score (nSPS) is 21.2. The Bertz CT molecular complexity index is 482. The van der Waals surface area contributed by atoms with E-state index in [9.17, 15) is 13.6 Å². The van der Waals surface area contributed by atoms with Gasteiger partial charge in [-0.1, -0.05) is 26.2 Å². The molecular formula is C18H25F2NO2. The molecule has 1 aromatic rings. The zero-order valence-corrected chi connectivity index (χ0v) is 13.6. The smallest absolute Gasteiger partial charge is 0.387 e. The highest BCUT2D eigenvalue weighted by molar-refractivity contribution is 5.92. The Balaban J connectivity index is 1.78. The van der Waals surface area contributed by atoms with Crippen LogP contribution in [0.25, 0.3) is 0 Å². The Morgan fingerprint density at radius 1 is 1.22 bits per heavy atom. The van der Waals surface area contributed by atoms with Crippen molar-refractivity contribution in [2.45, 2.75) is 58.5 Å². The number of benzene rings is 1. The summed E-state index contributed by atoms with van der Waals surface area (Å²) < 4.78 is 28.5. The Morgan fingerprint density at radius 2 is 1.87 bits per heavy atom. The van der Waals surface area contributed by atoms with Gasteiger partial charge in [-0.25, -0.2) is 0 Å². The number of anilines is 1. The molecule has 0 aliphatic heterocycles. The fourth-order valence-electron chi connectivity index (χ4n) is 3.17. The van der Waals surface area contributed by atoms with Crippen LogP contribution in [0.2, 0.25) is 0 Å². The molecule has 1 saturated carbocycles. The van der Waals surface area contributed by atoms with Crippen molar-refractivity contribution in [2.75, 3.05) is 5.32 Å². The topological polar surface area (TPSA) is 38.3 Å². The highest BCUT2D eigenvalue weighted by Crippen LogP contribution is 2.32. The number of alkyl halides is 2. The van der Waals surface area contributed by atoms with Gasteiger partial charge in [0.1, 0.15) is 5.75 Å². The summed E-state index contributed by atoms with van der Waals surface area (Å²) >= 11 is 0. The quantitative estimate of drug-likeness (QED) is 0.746. The summed E-state index contributed by atoms with van der Waals surface area (Å²) in [6.07, 6.45) is 7.90. The van der Waals surface area contributed by atoms with Crippen LogP contribution < -0.4 is 10.1 Å². The molecule has 23 heavy (non-hydrogen) atoms. The minimum atomic E-state index is -2.83. The molecule has 0 unspecified atom stereocenters. The van der Waals surface area contributed by atoms with Crippen LogP contribution in [0.15, 0.2) is 24.3 Å². The fourth-order valence-corrected chi connectivity index (χ4v) is 3.17. The van der Waals surface area contributed by atoms with Crippen LogP contribution in [0, 0.1) is 11.8 Å². The molecule has 3 nitrogen and oxygen atoms in total. The van der Waals surface area contributed by atoms with Crippen molar-refractivity contribution in [2.24, 2.45) is 11.8 Å². The maximum atomic E-state index is 12.3. The Morgan fingerprint density at radius 3 is 2.43 bits per heavy atom. The van der Waals surface area contributed by atoms with Crippen molar-refractivity contribution >= 4 is 11.6 Å². The molecule has 0 aromatic heterocycles. The summed E-state index contributed by atoms with van der Waals surface area (Å²) in [5.74, 6) is 0.950. The average molecular weight is 325 g/mol. The lowest BCUT2D eigenvalue weighted by Crippen LogP contribution is -2.27. The van der Waals surface area contributed by atoms with E-state index in [1.54, 1.807) is 12.1 Å². The number of halogens is 2. The predicted molar refractivity (Wildman–Crippen MR) is 86.7 cm³/mol. The SMILES string of the molecule is CCCCC1CCC(C(=O)Nc2ccc(OC(F)F)cc2)CC1. The number of hydrogen-bond acceptors (Lipinski definition) is 2. The third-order valence-corrected chi connectivity index (χ3v) is 4.53. The second-order valence-corrected chi connectivity index (χ2v) is 6.25. The van der Waals surface area contributed by atoms with E-state index in [2.05, 4.69) is 17.0 Å². The van der Waals surface area contributed by atoms with Gasteiger partial charge in [-0.3, -0.25) is 4.79 Å². The van der Waals surface area contributed by atoms with Gasteiger partial charge in [0.15, 0.2) is 0 Å². The van der Waals surface area contributed by atoms with Crippen LogP contribution in [-0.4, -0.2) is 12.5 Å². The number of carbonyl (C=O) groups excluding carboxylic acids is 1. The third kappa shape index (κ3) is 5.81. The Kier molecular flexibility index (Phi) is 6.81. The van der Waals surface area contributed by atoms with Gasteiger partial charge in [0.05, 0.1) is 0 Å². The first kappa shape index (κ1) is 17.7. The Labute approximate surface area is 136 Å². The first-order valence-electron chi connectivity index (χ1n) is 8.44. The van der Waals surface area contributed by atoms with E-state index in [-0.39, 0.29) is 17.6 Å². The lowest BCUT2D eigenvalue weighted by molar-refractivity contribution is -0.121. The van der Waals surface area contributed by atoms with Gasteiger partial charge in [-0.15, -0.1) is 0 Å². The van der Waals surface area contributed by atoms with E-state index >= 15 is 0 Å². The van der Waals surface area contributed by atoms with Crippen LogP contribution in [0.3, 0.4) is 0 Å². The van der Waals surface area contributed by atoms with E-state index in [0.717, 1.165) is 31.6 Å². The summed E-state index contributed by atoms with van der Waals surface area (Å²) in [4.78, 5) is 12.3. The van der Waals surface area contributed by atoms with Crippen molar-refractivity contribution in [3.63, 3.8) is 0 Å². The van der Waals surface area contributed by atoms with Crippen molar-refractivity contribution in [1.82, 2.24) is 0 Å². The zero-order chi connectivity index (χ0) is 16.7. The summed E-state index contributed by atoms with van der Waals surface area (Å²) in [6, 6.07) is 6.04. The molecule has 0 heterocycles. The van der Waals surface area contributed by atoms with Gasteiger partial charge < -0.3 is 10.1 Å². The largest absolute Gasteiger partial charge is 0.435 e. The molecule has 1 aromatic carbocycles. The molecule has 1 N–H and O–H groups in total. The van der Waals surface area contributed by atoms with Crippen LogP contribution in [0.5, 0.6) is 5.75 Å². The van der Waals surface area contributed by atoms with E-state index in [0.29, 0.717) is 5.69 Å². The lowest BCUT2D eigenvalue weighted by Gasteiger charge is -2.27. The molecule has 1 fully saturated rings. The van der Waals surface area contributed by atoms with Crippen molar-refractivity contribution in [1.29, 1.82) is 0 Å². The molecule has 0 spiro atoms. The van der Waals surface area contributed by atoms with Crippen LogP contribution in [0.1, 0.15) is 51.9 Å². The highest BCUT2D eigenvalue weighted by Gasteiger charge is 2.25. The molecule has 1 aliphatic carbocycles. The van der Waals surface area contributed by atoms with Gasteiger partial charge in [0.2, 0.25) is 5.91 Å². The van der Waals surface area contributed by atoms with Gasteiger partial charge in [-0.2, -0.15) is 8.78 Å². The molecule has 0 atom stereocenters. The van der Waals surface area contributed by atoms with Crippen LogP contribution >= 0.6 is 0 Å². The predicted octanol–water partition coefficient (Wildman–Crippen LogP) is 5.22. The number of rotatable bonds is 7. The molecule has 128 valence electrons. The molecule has 0 bridgehead atoms. The van der Waals surface area contributed by atoms with E-state index in [4.69, 9.17) is 0 Å². The van der Waals surface area contributed by atoms with Crippen LogP contribution in [-0.2, 0) is 4.79 Å². The van der Waals surface area contributed by atoms with Gasteiger partial charge in [0, 0.05) is 11.6 Å². The molecule has 5 heteroatoms. The monoisotopic (exact) mass is 325 g/mol. The second kappa shape index (κ2) is 8.85. The Hall–Kier alpha value is -1.65. The fraction of sp³-hybridized carbons (Fsp3) is 0.611. The highest BCUT2D eigenvalue weighted by atomic mass is 19.3. The number of ether oxygens (including phenoxy) is 1. The molecule has 0 radical (unpaired) electrons. The zero-order valence-electron chi connectivity index (χ0n) is 13.6. The van der Waals surface area contributed by atoms with Crippen molar-refractivity contribution in [3.05, 3.63) is 24.3 Å². The summed E-state index contributed by atoms with van der Waals surface area (Å²) in [5, 5.41) is 2.87. The first-order chi connectivity index (χ1) is 11.1. The van der Waals surface area contributed by atoms with Gasteiger partial charge in [-0.05, 0) is 55.9 Å². The lowest BCUT2D eigenvalue weighted by atomic mass is 9.79. The summed E-state index contributed by atoms with van der Waals surface area (Å²) in [5.41, 5.74) is 0.615. The van der Waals surface area contributed by atoms with Crippen molar-refractivity contribution in [3.8, 4) is 5.75 Å². The van der Waals surface area contributed by atoms with Crippen LogP contribution in [0.4, 0.5) is 14.5 Å². The number of carbonyl (C=O) groups is 1. The molecule has 0 saturated heterocycles. The standard InChI is InChI=1S/C18H25F2NO2/c1-2-3-4-13-5-7-14(8-6-13)17(22)21-15-9-11-16(12-10-15)23-18(19)20/h9-14,18H,2-8H2,1H3,(H,21,22). The number of unbranched alkanes of at least 4 members (excludes halogenated alkanes) is 1.